The zero-order chi connectivity index (χ0) is 21.8. The van der Waals surface area contributed by atoms with E-state index in [2.05, 4.69) is 27.1 Å². The quantitative estimate of drug-likeness (QED) is 0.528. The Hall–Kier alpha value is -3.04. The molecule has 0 atom stereocenters. The van der Waals surface area contributed by atoms with Crippen molar-refractivity contribution in [2.75, 3.05) is 5.32 Å². The molecule has 2 N–H and O–H groups in total. The molecule has 162 valence electrons. The fourth-order valence-corrected chi connectivity index (χ4v) is 4.39. The van der Waals surface area contributed by atoms with Crippen molar-refractivity contribution >= 4 is 21.6 Å². The highest BCUT2D eigenvalue weighted by molar-refractivity contribution is 7.89. The Balaban J connectivity index is 1.33. The summed E-state index contributed by atoms with van der Waals surface area (Å²) in [7, 11) is -3.57. The fraction of sp³-hybridized carbons (Fsp3) is 0.318. The number of hydrogen-bond acceptors (Lipinski definition) is 6. The molecule has 3 aromatic rings. The molecule has 1 saturated carbocycles. The summed E-state index contributed by atoms with van der Waals surface area (Å²) in [5.41, 5.74) is 2.50. The zero-order valence-corrected chi connectivity index (χ0v) is 18.0. The van der Waals surface area contributed by atoms with E-state index >= 15 is 0 Å². The Bertz CT molecular complexity index is 1170. The Morgan fingerprint density at radius 2 is 1.94 bits per heavy atom. The van der Waals surface area contributed by atoms with Crippen LogP contribution >= 0.6 is 0 Å². The van der Waals surface area contributed by atoms with Gasteiger partial charge in [-0.2, -0.15) is 4.98 Å². The number of carbonyl (C=O) groups excluding carboxylic acids is 1. The summed E-state index contributed by atoms with van der Waals surface area (Å²) in [5.74, 6) is 0.588. The van der Waals surface area contributed by atoms with Crippen LogP contribution in [0.2, 0.25) is 0 Å². The van der Waals surface area contributed by atoms with Crippen molar-refractivity contribution in [1.29, 1.82) is 0 Å². The molecule has 1 heterocycles. The zero-order valence-electron chi connectivity index (χ0n) is 17.2. The highest BCUT2D eigenvalue weighted by atomic mass is 32.2. The summed E-state index contributed by atoms with van der Waals surface area (Å²) in [5, 5.41) is 6.70. The van der Waals surface area contributed by atoms with Crippen molar-refractivity contribution in [2.45, 2.75) is 50.0 Å². The van der Waals surface area contributed by atoms with Crippen LogP contribution in [0, 0.1) is 0 Å². The van der Waals surface area contributed by atoms with Gasteiger partial charge in [-0.25, -0.2) is 13.1 Å². The minimum absolute atomic E-state index is 0.0205. The first-order chi connectivity index (χ1) is 14.9. The van der Waals surface area contributed by atoms with Crippen LogP contribution in [0.1, 0.15) is 37.6 Å². The Kier molecular flexibility index (Phi) is 6.15. The number of anilines is 1. The maximum absolute atomic E-state index is 12.3. The monoisotopic (exact) mass is 440 g/mol. The molecule has 1 aliphatic rings. The largest absolute Gasteiger partial charge is 0.339 e. The number of nitrogens with zero attached hydrogens (tertiary/aromatic N) is 2. The molecule has 8 nitrogen and oxygen atoms in total. The predicted molar refractivity (Wildman–Crippen MR) is 116 cm³/mol. The maximum atomic E-state index is 12.3. The van der Waals surface area contributed by atoms with E-state index in [1.807, 2.05) is 24.3 Å². The summed E-state index contributed by atoms with van der Waals surface area (Å²) >= 11 is 0. The lowest BCUT2D eigenvalue weighted by atomic mass is 10.1. The topological polar surface area (TPSA) is 114 Å². The number of nitrogens with one attached hydrogen (secondary N) is 2. The second-order valence-corrected chi connectivity index (χ2v) is 9.25. The first-order valence-corrected chi connectivity index (χ1v) is 11.8. The van der Waals surface area contributed by atoms with Gasteiger partial charge in [0.05, 0.1) is 4.90 Å². The average Bonchev–Trinajstić information content (AvgIpc) is 3.44. The first-order valence-electron chi connectivity index (χ1n) is 10.3. The maximum Gasteiger partial charge on any atom is 0.240 e. The molecule has 4 rings (SSSR count). The van der Waals surface area contributed by atoms with E-state index in [1.54, 1.807) is 12.1 Å². The average molecular weight is 441 g/mol. The second kappa shape index (κ2) is 8.99. The van der Waals surface area contributed by atoms with Gasteiger partial charge in [-0.1, -0.05) is 42.4 Å². The van der Waals surface area contributed by atoms with Gasteiger partial charge in [-0.15, -0.1) is 0 Å². The number of amides is 1. The van der Waals surface area contributed by atoms with Gasteiger partial charge in [0.25, 0.3) is 0 Å². The molecule has 0 spiro atoms. The van der Waals surface area contributed by atoms with E-state index in [0.717, 1.165) is 24.8 Å². The van der Waals surface area contributed by atoms with E-state index < -0.39 is 10.0 Å². The van der Waals surface area contributed by atoms with Crippen LogP contribution in [0.25, 0.3) is 11.4 Å². The highest BCUT2D eigenvalue weighted by Gasteiger charge is 2.28. The van der Waals surface area contributed by atoms with Gasteiger partial charge in [0.2, 0.25) is 27.6 Å². The Morgan fingerprint density at radius 3 is 2.65 bits per heavy atom. The highest BCUT2D eigenvalue weighted by Crippen LogP contribution is 2.23. The third kappa shape index (κ3) is 5.56. The molecule has 31 heavy (non-hydrogen) atoms. The van der Waals surface area contributed by atoms with Crippen molar-refractivity contribution in [3.8, 4) is 11.4 Å². The van der Waals surface area contributed by atoms with Crippen LogP contribution in [-0.2, 0) is 27.7 Å². The second-order valence-electron chi connectivity index (χ2n) is 7.53. The third-order valence-corrected chi connectivity index (χ3v) is 6.50. The smallest absolute Gasteiger partial charge is 0.240 e. The number of rotatable bonds is 9. The predicted octanol–water partition coefficient (Wildman–Crippen LogP) is 3.31. The van der Waals surface area contributed by atoms with Crippen LogP contribution < -0.4 is 10.0 Å². The lowest BCUT2D eigenvalue weighted by Crippen LogP contribution is -2.25. The molecule has 0 unspecified atom stereocenters. The molecular formula is C22H24N4O4S. The molecule has 2 aromatic carbocycles. The van der Waals surface area contributed by atoms with Crippen molar-refractivity contribution in [3.05, 3.63) is 60.0 Å². The van der Waals surface area contributed by atoms with E-state index in [-0.39, 0.29) is 29.7 Å². The van der Waals surface area contributed by atoms with Crippen molar-refractivity contribution in [1.82, 2.24) is 14.9 Å². The number of benzene rings is 2. The molecule has 1 fully saturated rings. The summed E-state index contributed by atoms with van der Waals surface area (Å²) in [6.07, 6.45) is 3.09. The molecule has 0 bridgehead atoms. The molecule has 0 aliphatic heterocycles. The molecule has 1 aromatic heterocycles. The standard InChI is InChI=1S/C22H24N4O4S/c1-2-15-6-8-16(9-7-15)22-24-21(30-25-22)13-12-20(27)23-18-4-3-5-19(14-18)31(28,29)26-17-10-11-17/h3-9,14,17,26H,2,10-13H2,1H3,(H,23,27). The van der Waals surface area contributed by atoms with Gasteiger partial charge < -0.3 is 9.84 Å². The number of aryl methyl sites for hydroxylation is 2. The van der Waals surface area contributed by atoms with Crippen LogP contribution in [0.4, 0.5) is 5.69 Å². The van der Waals surface area contributed by atoms with Gasteiger partial charge in [0.15, 0.2) is 0 Å². The van der Waals surface area contributed by atoms with Crippen LogP contribution in [0.3, 0.4) is 0 Å². The molecule has 0 saturated heterocycles. The summed E-state index contributed by atoms with van der Waals surface area (Å²) in [4.78, 5) is 16.8. The van der Waals surface area contributed by atoms with E-state index in [0.29, 0.717) is 17.4 Å². The number of aromatic nitrogens is 2. The van der Waals surface area contributed by atoms with E-state index in [4.69, 9.17) is 4.52 Å². The van der Waals surface area contributed by atoms with Gasteiger partial charge in [0, 0.05) is 30.1 Å². The lowest BCUT2D eigenvalue weighted by Gasteiger charge is -2.08. The Morgan fingerprint density at radius 1 is 1.16 bits per heavy atom. The molecule has 1 aliphatic carbocycles. The minimum Gasteiger partial charge on any atom is -0.339 e. The summed E-state index contributed by atoms with van der Waals surface area (Å²) in [6, 6.07) is 14.2. The summed E-state index contributed by atoms with van der Waals surface area (Å²) < 4.78 is 32.6. The van der Waals surface area contributed by atoms with Gasteiger partial charge in [-0.05, 0) is 43.0 Å². The van der Waals surface area contributed by atoms with E-state index in [9.17, 15) is 13.2 Å². The van der Waals surface area contributed by atoms with E-state index in [1.165, 1.54) is 17.7 Å². The number of carbonyl (C=O) groups is 1. The molecule has 1 amide bonds. The van der Waals surface area contributed by atoms with Crippen LogP contribution in [0.5, 0.6) is 0 Å². The SMILES string of the molecule is CCc1ccc(-c2noc(CCC(=O)Nc3cccc(S(=O)(=O)NC4CC4)c3)n2)cc1. The van der Waals surface area contributed by atoms with Crippen LogP contribution in [-0.4, -0.2) is 30.5 Å². The summed E-state index contributed by atoms with van der Waals surface area (Å²) in [6.45, 7) is 2.09. The van der Waals surface area contributed by atoms with Crippen molar-refractivity contribution in [3.63, 3.8) is 0 Å². The lowest BCUT2D eigenvalue weighted by molar-refractivity contribution is -0.116. The van der Waals surface area contributed by atoms with Gasteiger partial charge >= 0.3 is 0 Å². The number of hydrogen-bond donors (Lipinski definition) is 2. The molecule has 9 heteroatoms. The molecular weight excluding hydrogens is 416 g/mol. The normalized spacial score (nSPS) is 13.8. The molecule has 0 radical (unpaired) electrons. The minimum atomic E-state index is -3.57. The van der Waals surface area contributed by atoms with Crippen LogP contribution in [0.15, 0.2) is 57.9 Å². The van der Waals surface area contributed by atoms with Crippen molar-refractivity contribution < 1.29 is 17.7 Å². The van der Waals surface area contributed by atoms with Gasteiger partial charge in [-0.3, -0.25) is 4.79 Å². The first kappa shape index (κ1) is 21.2. The fourth-order valence-electron chi connectivity index (χ4n) is 3.04. The van der Waals surface area contributed by atoms with Gasteiger partial charge in [0.1, 0.15) is 0 Å². The Labute approximate surface area is 181 Å². The van der Waals surface area contributed by atoms with Crippen molar-refractivity contribution in [2.24, 2.45) is 0 Å². The number of sulfonamides is 1. The third-order valence-electron chi connectivity index (χ3n) is 4.98.